The number of aryl methyl sites for hydroxylation is 1. The molecule has 0 atom stereocenters. The summed E-state index contributed by atoms with van der Waals surface area (Å²) in [6.07, 6.45) is 0.146. The van der Waals surface area contributed by atoms with Crippen LogP contribution in [0.15, 0.2) is 59.0 Å². The molecular weight excluding hydrogens is 358 g/mol. The van der Waals surface area contributed by atoms with Gasteiger partial charge in [0.15, 0.2) is 0 Å². The molecule has 0 unspecified atom stereocenters. The lowest BCUT2D eigenvalue weighted by Gasteiger charge is -2.07. The van der Waals surface area contributed by atoms with Crippen molar-refractivity contribution in [2.45, 2.75) is 20.3 Å². The molecule has 0 saturated heterocycles. The summed E-state index contributed by atoms with van der Waals surface area (Å²) < 4.78 is 10.6. The van der Waals surface area contributed by atoms with Gasteiger partial charge in [0, 0.05) is 11.3 Å². The number of anilines is 1. The van der Waals surface area contributed by atoms with Gasteiger partial charge in [-0.2, -0.15) is 0 Å². The van der Waals surface area contributed by atoms with Gasteiger partial charge >= 0.3 is 5.97 Å². The lowest BCUT2D eigenvalue weighted by Crippen LogP contribution is -2.13. The minimum atomic E-state index is -0.310. The van der Waals surface area contributed by atoms with Crippen molar-refractivity contribution in [1.82, 2.24) is 0 Å². The van der Waals surface area contributed by atoms with E-state index in [4.69, 9.17) is 9.15 Å². The molecule has 1 heterocycles. The third-order valence-electron chi connectivity index (χ3n) is 4.15. The van der Waals surface area contributed by atoms with Crippen LogP contribution in [0.25, 0.3) is 11.3 Å². The first kappa shape index (κ1) is 19.2. The van der Waals surface area contributed by atoms with Crippen LogP contribution in [0, 0.1) is 6.92 Å². The van der Waals surface area contributed by atoms with Gasteiger partial charge in [0.1, 0.15) is 17.3 Å². The predicted octanol–water partition coefficient (Wildman–Crippen LogP) is 4.32. The molecule has 0 spiro atoms. The molecule has 0 aliphatic heterocycles. The second-order valence-electron chi connectivity index (χ2n) is 6.26. The van der Waals surface area contributed by atoms with Crippen LogP contribution in [-0.4, -0.2) is 23.6 Å². The summed E-state index contributed by atoms with van der Waals surface area (Å²) in [7, 11) is 0. The molecule has 0 fully saturated rings. The first-order valence-corrected chi connectivity index (χ1v) is 8.92. The van der Waals surface area contributed by atoms with E-state index in [9.17, 15) is 14.7 Å². The number of phenols is 1. The number of carbonyl (C=O) groups excluding carboxylic acids is 2. The van der Waals surface area contributed by atoms with Crippen molar-refractivity contribution in [1.29, 1.82) is 0 Å². The van der Waals surface area contributed by atoms with Crippen LogP contribution in [0.2, 0.25) is 0 Å². The van der Waals surface area contributed by atoms with Crippen molar-refractivity contribution in [3.8, 4) is 17.1 Å². The molecule has 2 aromatic carbocycles. The number of hydrogen-bond acceptors (Lipinski definition) is 5. The van der Waals surface area contributed by atoms with Crippen LogP contribution in [0.1, 0.15) is 28.6 Å². The number of rotatable bonds is 6. The fourth-order valence-electron chi connectivity index (χ4n) is 2.81. The average Bonchev–Trinajstić information content (AvgIpc) is 3.04. The summed E-state index contributed by atoms with van der Waals surface area (Å²) in [6.45, 7) is 3.81. The van der Waals surface area contributed by atoms with E-state index in [1.807, 2.05) is 0 Å². The minimum Gasteiger partial charge on any atom is -0.508 e. The van der Waals surface area contributed by atoms with E-state index in [0.29, 0.717) is 29.4 Å². The first-order valence-electron chi connectivity index (χ1n) is 8.92. The SMILES string of the molecule is CCOC(=O)Cc1cccc(NC(=O)c2cc(-c3ccc(O)cc3)oc2C)c1. The number of ether oxygens (including phenoxy) is 1. The van der Waals surface area contributed by atoms with Gasteiger partial charge in [-0.1, -0.05) is 12.1 Å². The summed E-state index contributed by atoms with van der Waals surface area (Å²) in [5.74, 6) is 0.574. The molecule has 28 heavy (non-hydrogen) atoms. The van der Waals surface area contributed by atoms with Crippen LogP contribution >= 0.6 is 0 Å². The van der Waals surface area contributed by atoms with Gasteiger partial charge in [-0.3, -0.25) is 9.59 Å². The molecular formula is C22H21NO5. The molecule has 3 rings (SSSR count). The summed E-state index contributed by atoms with van der Waals surface area (Å²) in [6, 6.07) is 15.3. The maximum Gasteiger partial charge on any atom is 0.310 e. The second kappa shape index (κ2) is 8.43. The largest absolute Gasteiger partial charge is 0.508 e. The molecule has 6 heteroatoms. The predicted molar refractivity (Wildman–Crippen MR) is 105 cm³/mol. The number of furan rings is 1. The fourth-order valence-corrected chi connectivity index (χ4v) is 2.81. The minimum absolute atomic E-state index is 0.146. The molecule has 0 aliphatic rings. The normalized spacial score (nSPS) is 10.5. The quantitative estimate of drug-likeness (QED) is 0.623. The van der Waals surface area contributed by atoms with Crippen LogP contribution in [0.3, 0.4) is 0 Å². The number of amides is 1. The van der Waals surface area contributed by atoms with Gasteiger partial charge in [-0.15, -0.1) is 0 Å². The standard InChI is InChI=1S/C22H21NO5/c1-3-27-21(25)12-15-5-4-6-17(11-15)23-22(26)19-13-20(28-14(19)2)16-7-9-18(24)10-8-16/h4-11,13,24H,3,12H2,1-2H3,(H,23,26). The summed E-state index contributed by atoms with van der Waals surface area (Å²) >= 11 is 0. The zero-order valence-electron chi connectivity index (χ0n) is 15.7. The van der Waals surface area contributed by atoms with E-state index >= 15 is 0 Å². The zero-order chi connectivity index (χ0) is 20.1. The monoisotopic (exact) mass is 379 g/mol. The van der Waals surface area contributed by atoms with E-state index in [1.165, 1.54) is 0 Å². The number of aromatic hydroxyl groups is 1. The number of nitrogens with one attached hydrogen (secondary N) is 1. The molecule has 1 amide bonds. The topological polar surface area (TPSA) is 88.8 Å². The Morgan fingerprint density at radius 1 is 1.11 bits per heavy atom. The Hall–Kier alpha value is -3.54. The highest BCUT2D eigenvalue weighted by Crippen LogP contribution is 2.27. The van der Waals surface area contributed by atoms with E-state index in [1.54, 1.807) is 68.4 Å². The summed E-state index contributed by atoms with van der Waals surface area (Å²) in [5.41, 5.74) is 2.51. The van der Waals surface area contributed by atoms with E-state index in [0.717, 1.165) is 11.1 Å². The van der Waals surface area contributed by atoms with E-state index in [-0.39, 0.29) is 24.0 Å². The third-order valence-corrected chi connectivity index (χ3v) is 4.15. The number of phenolic OH excluding ortho intramolecular Hbond substituents is 1. The highest BCUT2D eigenvalue weighted by Gasteiger charge is 2.16. The Kier molecular flexibility index (Phi) is 5.79. The number of benzene rings is 2. The lowest BCUT2D eigenvalue weighted by atomic mass is 10.1. The molecule has 2 N–H and O–H groups in total. The van der Waals surface area contributed by atoms with Gasteiger partial charge in [-0.25, -0.2) is 0 Å². The maximum atomic E-state index is 12.7. The fraction of sp³-hybridized carbons (Fsp3) is 0.182. The molecule has 1 aromatic heterocycles. The van der Waals surface area contributed by atoms with Crippen molar-refractivity contribution in [2.75, 3.05) is 11.9 Å². The van der Waals surface area contributed by atoms with E-state index in [2.05, 4.69) is 5.32 Å². The number of carbonyl (C=O) groups is 2. The van der Waals surface area contributed by atoms with Gasteiger partial charge < -0.3 is 19.6 Å². The lowest BCUT2D eigenvalue weighted by molar-refractivity contribution is -0.142. The van der Waals surface area contributed by atoms with Crippen molar-refractivity contribution in [3.63, 3.8) is 0 Å². The Morgan fingerprint density at radius 3 is 2.57 bits per heavy atom. The van der Waals surface area contributed by atoms with Crippen LogP contribution in [0.5, 0.6) is 5.75 Å². The molecule has 0 saturated carbocycles. The van der Waals surface area contributed by atoms with Gasteiger partial charge in [0.2, 0.25) is 0 Å². The van der Waals surface area contributed by atoms with Crippen LogP contribution < -0.4 is 5.32 Å². The number of hydrogen-bond donors (Lipinski definition) is 2. The van der Waals surface area contributed by atoms with Gasteiger partial charge in [0.05, 0.1) is 18.6 Å². The smallest absolute Gasteiger partial charge is 0.310 e. The first-order chi connectivity index (χ1) is 13.5. The second-order valence-corrected chi connectivity index (χ2v) is 6.26. The summed E-state index contributed by atoms with van der Waals surface area (Å²) in [4.78, 5) is 24.3. The summed E-state index contributed by atoms with van der Waals surface area (Å²) in [5, 5.41) is 12.2. The highest BCUT2D eigenvalue weighted by molar-refractivity contribution is 6.05. The Balaban J connectivity index is 1.75. The van der Waals surface area contributed by atoms with Crippen molar-refractivity contribution < 1.29 is 23.8 Å². The van der Waals surface area contributed by atoms with Crippen LogP contribution in [0.4, 0.5) is 5.69 Å². The van der Waals surface area contributed by atoms with Crippen molar-refractivity contribution >= 4 is 17.6 Å². The molecule has 0 aliphatic carbocycles. The van der Waals surface area contributed by atoms with Crippen molar-refractivity contribution in [3.05, 3.63) is 71.5 Å². The van der Waals surface area contributed by atoms with Gasteiger partial charge in [0.25, 0.3) is 5.91 Å². The Bertz CT molecular complexity index is 988. The molecule has 6 nitrogen and oxygen atoms in total. The Morgan fingerprint density at radius 2 is 1.86 bits per heavy atom. The number of esters is 1. The highest BCUT2D eigenvalue weighted by atomic mass is 16.5. The van der Waals surface area contributed by atoms with E-state index < -0.39 is 0 Å². The van der Waals surface area contributed by atoms with Crippen molar-refractivity contribution in [2.24, 2.45) is 0 Å². The third kappa shape index (κ3) is 4.59. The maximum absolute atomic E-state index is 12.7. The molecule has 3 aromatic rings. The molecule has 0 bridgehead atoms. The molecule has 144 valence electrons. The Labute approximate surface area is 162 Å². The zero-order valence-corrected chi connectivity index (χ0v) is 15.7. The van der Waals surface area contributed by atoms with Gasteiger partial charge in [-0.05, 0) is 61.9 Å². The molecule has 0 radical (unpaired) electrons. The van der Waals surface area contributed by atoms with Crippen LogP contribution in [-0.2, 0) is 16.0 Å². The average molecular weight is 379 g/mol.